The number of anilines is 1. The Bertz CT molecular complexity index is 656. The zero-order valence-electron chi connectivity index (χ0n) is 13.9. The molecule has 1 amide bonds. The Morgan fingerprint density at radius 1 is 1.08 bits per heavy atom. The third kappa shape index (κ3) is 6.28. The first kappa shape index (κ1) is 17.8. The zero-order valence-corrected chi connectivity index (χ0v) is 13.9. The van der Waals surface area contributed by atoms with Crippen molar-refractivity contribution in [2.45, 2.75) is 20.3 Å². The quantitative estimate of drug-likeness (QED) is 0.786. The van der Waals surface area contributed by atoms with Gasteiger partial charge in [-0.15, -0.1) is 0 Å². The molecule has 24 heavy (non-hydrogen) atoms. The third-order valence-electron chi connectivity index (χ3n) is 3.27. The molecule has 0 aliphatic heterocycles. The van der Waals surface area contributed by atoms with Crippen molar-refractivity contribution in [2.75, 3.05) is 18.5 Å². The van der Waals surface area contributed by atoms with Gasteiger partial charge in [-0.3, -0.25) is 4.79 Å². The summed E-state index contributed by atoms with van der Waals surface area (Å²) >= 11 is 0. The van der Waals surface area contributed by atoms with Crippen LogP contribution in [0.5, 0.6) is 11.5 Å². The van der Waals surface area contributed by atoms with Gasteiger partial charge in [0.05, 0.1) is 6.61 Å². The molecule has 0 saturated heterocycles. The van der Waals surface area contributed by atoms with E-state index in [9.17, 15) is 9.18 Å². The van der Waals surface area contributed by atoms with Crippen LogP contribution in [-0.2, 0) is 4.79 Å². The van der Waals surface area contributed by atoms with E-state index in [1.807, 2.05) is 12.1 Å². The minimum atomic E-state index is -0.349. The van der Waals surface area contributed by atoms with Crippen molar-refractivity contribution >= 4 is 11.6 Å². The molecule has 0 fully saturated rings. The summed E-state index contributed by atoms with van der Waals surface area (Å²) in [7, 11) is 0. The topological polar surface area (TPSA) is 47.6 Å². The molecule has 0 heterocycles. The normalized spacial score (nSPS) is 10.5. The van der Waals surface area contributed by atoms with E-state index in [2.05, 4.69) is 19.2 Å². The van der Waals surface area contributed by atoms with Gasteiger partial charge in [0.2, 0.25) is 0 Å². The molecule has 0 aliphatic rings. The Hall–Kier alpha value is -2.56. The van der Waals surface area contributed by atoms with Crippen LogP contribution < -0.4 is 14.8 Å². The number of nitrogens with one attached hydrogen (secondary N) is 1. The Labute approximate surface area is 141 Å². The van der Waals surface area contributed by atoms with Gasteiger partial charge in [-0.2, -0.15) is 0 Å². The van der Waals surface area contributed by atoms with Gasteiger partial charge in [0.1, 0.15) is 17.3 Å². The Morgan fingerprint density at radius 2 is 1.75 bits per heavy atom. The first-order valence-corrected chi connectivity index (χ1v) is 7.94. The molecule has 0 aromatic heterocycles. The molecule has 5 heteroatoms. The molecule has 0 saturated carbocycles. The molecular formula is C19H22FNO3. The predicted octanol–water partition coefficient (Wildman–Crippen LogP) is 4.27. The first-order chi connectivity index (χ1) is 11.5. The minimum Gasteiger partial charge on any atom is -0.493 e. The fraction of sp³-hybridized carbons (Fsp3) is 0.316. The summed E-state index contributed by atoms with van der Waals surface area (Å²) in [6, 6.07) is 12.8. The molecule has 0 spiro atoms. The Balaban J connectivity index is 1.80. The van der Waals surface area contributed by atoms with Crippen molar-refractivity contribution in [3.05, 3.63) is 54.3 Å². The predicted molar refractivity (Wildman–Crippen MR) is 91.9 cm³/mol. The SMILES string of the molecule is CC(C)CCOc1cccc(OCC(=O)Nc2ccc(F)cc2)c1. The van der Waals surface area contributed by atoms with Crippen molar-refractivity contribution in [2.24, 2.45) is 5.92 Å². The molecule has 2 rings (SSSR count). The van der Waals surface area contributed by atoms with Gasteiger partial charge >= 0.3 is 0 Å². The molecule has 0 aliphatic carbocycles. The molecule has 128 valence electrons. The Kier molecular flexibility index (Phi) is 6.61. The average molecular weight is 331 g/mol. The number of carbonyl (C=O) groups is 1. The van der Waals surface area contributed by atoms with Gasteiger partial charge in [0.25, 0.3) is 5.91 Å². The highest BCUT2D eigenvalue weighted by Crippen LogP contribution is 2.20. The second-order valence-electron chi connectivity index (χ2n) is 5.85. The lowest BCUT2D eigenvalue weighted by atomic mass is 10.1. The van der Waals surface area contributed by atoms with Crippen molar-refractivity contribution in [3.63, 3.8) is 0 Å². The number of halogens is 1. The smallest absolute Gasteiger partial charge is 0.262 e. The van der Waals surface area contributed by atoms with Crippen molar-refractivity contribution < 1.29 is 18.7 Å². The summed E-state index contributed by atoms with van der Waals surface area (Å²) in [6.07, 6.45) is 0.977. The number of ether oxygens (including phenoxy) is 2. The zero-order chi connectivity index (χ0) is 17.4. The fourth-order valence-electron chi connectivity index (χ4n) is 1.95. The minimum absolute atomic E-state index is 0.132. The molecule has 0 radical (unpaired) electrons. The van der Waals surface area contributed by atoms with Gasteiger partial charge in [0, 0.05) is 11.8 Å². The van der Waals surface area contributed by atoms with Gasteiger partial charge in [-0.1, -0.05) is 19.9 Å². The van der Waals surface area contributed by atoms with Crippen molar-refractivity contribution in [1.29, 1.82) is 0 Å². The van der Waals surface area contributed by atoms with E-state index >= 15 is 0 Å². The maximum absolute atomic E-state index is 12.8. The van der Waals surface area contributed by atoms with E-state index in [1.165, 1.54) is 24.3 Å². The molecular weight excluding hydrogens is 309 g/mol. The van der Waals surface area contributed by atoms with Crippen molar-refractivity contribution in [3.8, 4) is 11.5 Å². The lowest BCUT2D eigenvalue weighted by Crippen LogP contribution is -2.20. The van der Waals surface area contributed by atoms with Gasteiger partial charge < -0.3 is 14.8 Å². The molecule has 2 aromatic carbocycles. The lowest BCUT2D eigenvalue weighted by Gasteiger charge is -2.11. The van der Waals surface area contributed by atoms with Crippen LogP contribution in [0, 0.1) is 11.7 Å². The monoisotopic (exact) mass is 331 g/mol. The van der Waals surface area contributed by atoms with E-state index in [0.717, 1.165) is 6.42 Å². The number of amides is 1. The van der Waals surface area contributed by atoms with Crippen LogP contribution in [0.25, 0.3) is 0 Å². The maximum Gasteiger partial charge on any atom is 0.262 e. The largest absolute Gasteiger partial charge is 0.493 e. The van der Waals surface area contributed by atoms with E-state index < -0.39 is 0 Å². The van der Waals surface area contributed by atoms with Crippen LogP contribution in [0.1, 0.15) is 20.3 Å². The van der Waals surface area contributed by atoms with Gasteiger partial charge in [-0.25, -0.2) is 4.39 Å². The second kappa shape index (κ2) is 8.91. The summed E-state index contributed by atoms with van der Waals surface area (Å²) in [5.74, 6) is 1.20. The highest BCUT2D eigenvalue weighted by atomic mass is 19.1. The fourth-order valence-corrected chi connectivity index (χ4v) is 1.95. The van der Waals surface area contributed by atoms with Crippen LogP contribution in [0.2, 0.25) is 0 Å². The molecule has 4 nitrogen and oxygen atoms in total. The number of benzene rings is 2. The average Bonchev–Trinajstić information content (AvgIpc) is 2.55. The number of hydrogen-bond donors (Lipinski definition) is 1. The molecule has 1 N–H and O–H groups in total. The number of rotatable bonds is 8. The summed E-state index contributed by atoms with van der Waals surface area (Å²) in [5, 5.41) is 2.64. The van der Waals surface area contributed by atoms with Crippen LogP contribution in [0.3, 0.4) is 0 Å². The summed E-state index contributed by atoms with van der Waals surface area (Å²) in [4.78, 5) is 11.8. The summed E-state index contributed by atoms with van der Waals surface area (Å²) in [5.41, 5.74) is 0.524. The van der Waals surface area contributed by atoms with Crippen LogP contribution in [-0.4, -0.2) is 19.1 Å². The molecule has 2 aromatic rings. The van der Waals surface area contributed by atoms with Crippen LogP contribution >= 0.6 is 0 Å². The molecule has 0 bridgehead atoms. The van der Waals surface area contributed by atoms with E-state index in [-0.39, 0.29) is 18.3 Å². The highest BCUT2D eigenvalue weighted by molar-refractivity contribution is 5.91. The third-order valence-corrected chi connectivity index (χ3v) is 3.27. The second-order valence-corrected chi connectivity index (χ2v) is 5.85. The Morgan fingerprint density at radius 3 is 2.42 bits per heavy atom. The van der Waals surface area contributed by atoms with Crippen LogP contribution in [0.15, 0.2) is 48.5 Å². The first-order valence-electron chi connectivity index (χ1n) is 7.94. The number of carbonyl (C=O) groups excluding carboxylic acids is 1. The standard InChI is InChI=1S/C19H22FNO3/c1-14(2)10-11-23-17-4-3-5-18(12-17)24-13-19(22)21-16-8-6-15(20)7-9-16/h3-9,12,14H,10-11,13H2,1-2H3,(H,21,22). The molecule has 0 unspecified atom stereocenters. The summed E-state index contributed by atoms with van der Waals surface area (Å²) < 4.78 is 23.9. The highest BCUT2D eigenvalue weighted by Gasteiger charge is 2.05. The van der Waals surface area contributed by atoms with Gasteiger partial charge in [-0.05, 0) is 48.7 Å². The molecule has 0 atom stereocenters. The van der Waals surface area contributed by atoms with Gasteiger partial charge in [0.15, 0.2) is 6.61 Å². The van der Waals surface area contributed by atoms with E-state index in [4.69, 9.17) is 9.47 Å². The van der Waals surface area contributed by atoms with Crippen LogP contribution in [0.4, 0.5) is 10.1 Å². The maximum atomic E-state index is 12.8. The van der Waals surface area contributed by atoms with E-state index in [0.29, 0.717) is 29.7 Å². The lowest BCUT2D eigenvalue weighted by molar-refractivity contribution is -0.118. The van der Waals surface area contributed by atoms with Crippen molar-refractivity contribution in [1.82, 2.24) is 0 Å². The summed E-state index contributed by atoms with van der Waals surface area (Å²) in [6.45, 7) is 4.80. The number of hydrogen-bond acceptors (Lipinski definition) is 3. The van der Waals surface area contributed by atoms with E-state index in [1.54, 1.807) is 12.1 Å².